The zero-order chi connectivity index (χ0) is 19.4. The Bertz CT molecular complexity index is 850. The number of para-hydroxylation sites is 1. The van der Waals surface area contributed by atoms with Gasteiger partial charge in [0.2, 0.25) is 5.91 Å². The molecule has 2 aromatic carbocycles. The van der Waals surface area contributed by atoms with Crippen molar-refractivity contribution >= 4 is 17.5 Å². The molecule has 1 unspecified atom stereocenters. The van der Waals surface area contributed by atoms with Crippen LogP contribution in [0.4, 0.5) is 5.69 Å². The summed E-state index contributed by atoms with van der Waals surface area (Å²) in [6.07, 6.45) is 1.14. The molecule has 142 valence electrons. The normalized spacial score (nSPS) is 14.0. The van der Waals surface area contributed by atoms with Gasteiger partial charge in [-0.05, 0) is 43.2 Å². The van der Waals surface area contributed by atoms with Gasteiger partial charge in [0.05, 0.1) is 13.2 Å². The Morgan fingerprint density at radius 1 is 1.22 bits per heavy atom. The number of amides is 2. The number of carbonyl (C=O) groups is 2. The molecule has 0 spiro atoms. The van der Waals surface area contributed by atoms with Crippen LogP contribution in [0.15, 0.2) is 42.5 Å². The van der Waals surface area contributed by atoms with E-state index in [1.54, 1.807) is 25.1 Å². The maximum absolute atomic E-state index is 12.6. The highest BCUT2D eigenvalue weighted by molar-refractivity contribution is 5.94. The molecule has 27 heavy (non-hydrogen) atoms. The molecule has 6 heteroatoms. The molecule has 0 saturated heterocycles. The highest BCUT2D eigenvalue weighted by atomic mass is 16.5. The van der Waals surface area contributed by atoms with Crippen LogP contribution in [0.5, 0.6) is 11.5 Å². The fourth-order valence-electron chi connectivity index (χ4n) is 3.13. The van der Waals surface area contributed by atoms with Gasteiger partial charge in [0.25, 0.3) is 5.91 Å². The summed E-state index contributed by atoms with van der Waals surface area (Å²) in [7, 11) is 3.38. The van der Waals surface area contributed by atoms with Gasteiger partial charge in [-0.3, -0.25) is 9.59 Å². The van der Waals surface area contributed by atoms with Crippen LogP contribution in [-0.4, -0.2) is 37.5 Å². The maximum Gasteiger partial charge on any atom is 0.260 e. The monoisotopic (exact) mass is 368 g/mol. The first-order valence-corrected chi connectivity index (χ1v) is 8.93. The number of aryl methyl sites for hydroxylation is 1. The molecule has 0 aromatic heterocycles. The molecule has 3 rings (SSSR count). The standard InChI is InChI=1S/C21H24N2O4/c1-14(17-6-4-5-7-19(17)26-3)23(2)21(25)13-27-16-9-10-18-15(12-16)8-11-20(24)22-18/h4-7,9-10,12,14H,8,11,13H2,1-3H3,(H,22,24). The van der Waals surface area contributed by atoms with Crippen molar-refractivity contribution in [2.75, 3.05) is 26.1 Å². The Morgan fingerprint density at radius 3 is 2.78 bits per heavy atom. The largest absolute Gasteiger partial charge is 0.496 e. The van der Waals surface area contributed by atoms with E-state index >= 15 is 0 Å². The average Bonchev–Trinajstić information content (AvgIpc) is 2.70. The summed E-state index contributed by atoms with van der Waals surface area (Å²) in [5.74, 6) is 1.27. The zero-order valence-corrected chi connectivity index (χ0v) is 15.8. The minimum absolute atomic E-state index is 0.0262. The summed E-state index contributed by atoms with van der Waals surface area (Å²) in [5, 5.41) is 2.83. The smallest absolute Gasteiger partial charge is 0.260 e. The van der Waals surface area contributed by atoms with Gasteiger partial charge in [-0.1, -0.05) is 18.2 Å². The summed E-state index contributed by atoms with van der Waals surface area (Å²) in [6, 6.07) is 13.0. The minimum Gasteiger partial charge on any atom is -0.496 e. The number of nitrogens with zero attached hydrogens (tertiary/aromatic N) is 1. The lowest BCUT2D eigenvalue weighted by molar-refractivity contribution is -0.134. The zero-order valence-electron chi connectivity index (χ0n) is 15.8. The maximum atomic E-state index is 12.6. The van der Waals surface area contributed by atoms with Crippen molar-refractivity contribution in [1.29, 1.82) is 0 Å². The van der Waals surface area contributed by atoms with Crippen LogP contribution in [0.2, 0.25) is 0 Å². The molecule has 0 fully saturated rings. The summed E-state index contributed by atoms with van der Waals surface area (Å²) >= 11 is 0. The molecule has 1 N–H and O–H groups in total. The number of ether oxygens (including phenoxy) is 2. The quantitative estimate of drug-likeness (QED) is 0.850. The Morgan fingerprint density at radius 2 is 2.00 bits per heavy atom. The highest BCUT2D eigenvalue weighted by Gasteiger charge is 2.21. The van der Waals surface area contributed by atoms with Crippen LogP contribution in [0.25, 0.3) is 0 Å². The Hall–Kier alpha value is -3.02. The summed E-state index contributed by atoms with van der Waals surface area (Å²) < 4.78 is 11.1. The van der Waals surface area contributed by atoms with Gasteiger partial charge in [0.1, 0.15) is 11.5 Å². The predicted octanol–water partition coefficient (Wildman–Crippen LogP) is 3.18. The van der Waals surface area contributed by atoms with Crippen molar-refractivity contribution in [3.05, 3.63) is 53.6 Å². The molecule has 0 bridgehead atoms. The van der Waals surface area contributed by atoms with Gasteiger partial charge in [-0.15, -0.1) is 0 Å². The molecule has 1 aliphatic heterocycles. The number of methoxy groups -OCH3 is 1. The lowest BCUT2D eigenvalue weighted by Crippen LogP contribution is -2.33. The molecule has 1 heterocycles. The van der Waals surface area contributed by atoms with Crippen molar-refractivity contribution in [3.63, 3.8) is 0 Å². The van der Waals surface area contributed by atoms with Crippen LogP contribution in [0.3, 0.4) is 0 Å². The van der Waals surface area contributed by atoms with Crippen LogP contribution in [-0.2, 0) is 16.0 Å². The first-order chi connectivity index (χ1) is 13.0. The van der Waals surface area contributed by atoms with Gasteiger partial charge < -0.3 is 19.7 Å². The number of fused-ring (bicyclic) bond motifs is 1. The minimum atomic E-state index is -0.143. The molecule has 0 saturated carbocycles. The second-order valence-electron chi connectivity index (χ2n) is 6.58. The summed E-state index contributed by atoms with van der Waals surface area (Å²) in [6.45, 7) is 1.90. The fraction of sp³-hybridized carbons (Fsp3) is 0.333. The molecule has 0 radical (unpaired) electrons. The molecular weight excluding hydrogens is 344 g/mol. The highest BCUT2D eigenvalue weighted by Crippen LogP contribution is 2.29. The van der Waals surface area contributed by atoms with E-state index in [0.29, 0.717) is 18.6 Å². The Balaban J connectivity index is 1.62. The molecule has 1 atom stereocenters. The number of anilines is 1. The number of likely N-dealkylation sites (N-methyl/N-ethyl adjacent to an activating group) is 1. The van der Waals surface area contributed by atoms with E-state index in [2.05, 4.69) is 5.32 Å². The van der Waals surface area contributed by atoms with Gasteiger partial charge in [-0.25, -0.2) is 0 Å². The van der Waals surface area contributed by atoms with E-state index in [0.717, 1.165) is 22.6 Å². The van der Waals surface area contributed by atoms with Crippen LogP contribution in [0, 0.1) is 0 Å². The topological polar surface area (TPSA) is 67.9 Å². The van der Waals surface area contributed by atoms with Gasteiger partial charge in [-0.2, -0.15) is 0 Å². The first-order valence-electron chi connectivity index (χ1n) is 8.93. The molecule has 1 aliphatic rings. The van der Waals surface area contributed by atoms with E-state index < -0.39 is 0 Å². The third-order valence-electron chi connectivity index (χ3n) is 4.90. The predicted molar refractivity (Wildman–Crippen MR) is 103 cm³/mol. The lowest BCUT2D eigenvalue weighted by Gasteiger charge is -2.26. The number of nitrogens with one attached hydrogen (secondary N) is 1. The number of hydrogen-bond acceptors (Lipinski definition) is 4. The van der Waals surface area contributed by atoms with E-state index in [-0.39, 0.29) is 24.5 Å². The molecule has 6 nitrogen and oxygen atoms in total. The Labute approximate surface area is 159 Å². The average molecular weight is 368 g/mol. The SMILES string of the molecule is COc1ccccc1C(C)N(C)C(=O)COc1ccc2c(c1)CCC(=O)N2. The number of hydrogen-bond donors (Lipinski definition) is 1. The van der Waals surface area contributed by atoms with E-state index in [9.17, 15) is 9.59 Å². The van der Waals surface area contributed by atoms with E-state index in [1.165, 1.54) is 0 Å². The number of benzene rings is 2. The third kappa shape index (κ3) is 4.22. The van der Waals surface area contributed by atoms with Crippen molar-refractivity contribution in [3.8, 4) is 11.5 Å². The van der Waals surface area contributed by atoms with E-state index in [1.807, 2.05) is 43.3 Å². The summed E-state index contributed by atoms with van der Waals surface area (Å²) in [5.41, 5.74) is 2.78. The number of carbonyl (C=O) groups excluding carboxylic acids is 2. The molecule has 2 amide bonds. The Kier molecular flexibility index (Phi) is 5.64. The first kappa shape index (κ1) is 18.8. The second-order valence-corrected chi connectivity index (χ2v) is 6.58. The van der Waals surface area contributed by atoms with Crippen molar-refractivity contribution < 1.29 is 19.1 Å². The van der Waals surface area contributed by atoms with Gasteiger partial charge in [0.15, 0.2) is 6.61 Å². The third-order valence-corrected chi connectivity index (χ3v) is 4.90. The van der Waals surface area contributed by atoms with E-state index in [4.69, 9.17) is 9.47 Å². The van der Waals surface area contributed by atoms with Crippen LogP contribution in [0.1, 0.15) is 30.5 Å². The second kappa shape index (κ2) is 8.12. The van der Waals surface area contributed by atoms with Crippen molar-refractivity contribution in [1.82, 2.24) is 4.90 Å². The van der Waals surface area contributed by atoms with Gasteiger partial charge in [0, 0.05) is 24.7 Å². The van der Waals surface area contributed by atoms with Gasteiger partial charge >= 0.3 is 0 Å². The fourth-order valence-corrected chi connectivity index (χ4v) is 3.13. The lowest BCUT2D eigenvalue weighted by atomic mass is 10.0. The number of rotatable bonds is 6. The molecule has 0 aliphatic carbocycles. The van der Waals surface area contributed by atoms with Crippen molar-refractivity contribution in [2.24, 2.45) is 0 Å². The van der Waals surface area contributed by atoms with Crippen molar-refractivity contribution in [2.45, 2.75) is 25.8 Å². The van der Waals surface area contributed by atoms with Crippen LogP contribution < -0.4 is 14.8 Å². The molecular formula is C21H24N2O4. The summed E-state index contributed by atoms with van der Waals surface area (Å²) in [4.78, 5) is 25.6. The molecule has 2 aromatic rings. The van der Waals surface area contributed by atoms with Crippen LogP contribution >= 0.6 is 0 Å².